The van der Waals surface area contributed by atoms with Crippen molar-refractivity contribution in [3.8, 4) is 0 Å². The first-order chi connectivity index (χ1) is 27.1. The van der Waals surface area contributed by atoms with E-state index < -0.39 is 51.1 Å². The molecule has 0 radical (unpaired) electrons. The van der Waals surface area contributed by atoms with E-state index >= 15 is 0 Å². The molecule has 12 heteroatoms. The highest BCUT2D eigenvalue weighted by atomic mass is 31.2. The Morgan fingerprint density at radius 3 is 1.43 bits per heavy atom. The zero-order valence-corrected chi connectivity index (χ0v) is 36.4. The van der Waals surface area contributed by atoms with Gasteiger partial charge in [-0.2, -0.15) is 0 Å². The van der Waals surface area contributed by atoms with E-state index in [0.717, 1.165) is 51.4 Å². The summed E-state index contributed by atoms with van der Waals surface area (Å²) in [6.07, 6.45) is 40.9. The molecule has 0 bridgehead atoms. The molecule has 0 heterocycles. The van der Waals surface area contributed by atoms with Crippen molar-refractivity contribution in [3.63, 3.8) is 0 Å². The molecule has 1 unspecified atom stereocenters. The minimum absolute atomic E-state index is 0.164. The molecule has 0 aliphatic carbocycles. The predicted octanol–water partition coefficient (Wildman–Crippen LogP) is 11.8. The summed E-state index contributed by atoms with van der Waals surface area (Å²) in [5.41, 5.74) is 5.33. The van der Waals surface area contributed by atoms with Crippen LogP contribution < -0.4 is 5.73 Å². The van der Waals surface area contributed by atoms with Crippen LogP contribution in [0.25, 0.3) is 0 Å². The van der Waals surface area contributed by atoms with Crippen molar-refractivity contribution in [2.24, 2.45) is 5.73 Å². The summed E-state index contributed by atoms with van der Waals surface area (Å²) in [6.45, 7) is 2.79. The topological polar surface area (TPSA) is 172 Å². The molecule has 0 spiro atoms. The third-order valence-corrected chi connectivity index (χ3v) is 10.7. The monoisotopic (exact) mass is 816 g/mol. The van der Waals surface area contributed by atoms with Gasteiger partial charge < -0.3 is 25.2 Å². The summed E-state index contributed by atoms with van der Waals surface area (Å²) in [5, 5.41) is 8.89. The number of ether oxygens (including phenoxy) is 2. The van der Waals surface area contributed by atoms with Crippen LogP contribution in [0.1, 0.15) is 206 Å². The highest BCUT2D eigenvalue weighted by Gasteiger charge is 2.28. The first kappa shape index (κ1) is 54.0. The Labute approximate surface area is 340 Å². The van der Waals surface area contributed by atoms with Crippen LogP contribution in [0.3, 0.4) is 0 Å². The number of allylic oxidation sites excluding steroid dienone is 4. The van der Waals surface area contributed by atoms with Gasteiger partial charge in [0.2, 0.25) is 0 Å². The average Bonchev–Trinajstić information content (AvgIpc) is 3.17. The van der Waals surface area contributed by atoms with Crippen LogP contribution in [0.15, 0.2) is 24.3 Å². The first-order valence-electron chi connectivity index (χ1n) is 22.4. The quantitative estimate of drug-likeness (QED) is 0.0232. The molecule has 0 aromatic rings. The van der Waals surface area contributed by atoms with Crippen molar-refractivity contribution in [2.75, 3.05) is 19.8 Å². The smallest absolute Gasteiger partial charge is 0.472 e. The van der Waals surface area contributed by atoms with Gasteiger partial charge >= 0.3 is 25.7 Å². The van der Waals surface area contributed by atoms with Gasteiger partial charge in [0.05, 0.1) is 13.2 Å². The van der Waals surface area contributed by atoms with Gasteiger partial charge in [-0.25, -0.2) is 4.57 Å². The van der Waals surface area contributed by atoms with Crippen LogP contribution in [0.4, 0.5) is 0 Å². The van der Waals surface area contributed by atoms with Crippen LogP contribution in [0.5, 0.6) is 0 Å². The zero-order chi connectivity index (χ0) is 41.4. The third kappa shape index (κ3) is 38.8. The lowest BCUT2D eigenvalue weighted by atomic mass is 10.0. The van der Waals surface area contributed by atoms with Crippen molar-refractivity contribution in [1.29, 1.82) is 0 Å². The zero-order valence-electron chi connectivity index (χ0n) is 35.5. The minimum Gasteiger partial charge on any atom is -0.480 e. The Bertz CT molecular complexity index is 1050. The maximum Gasteiger partial charge on any atom is 0.472 e. The number of nitrogens with two attached hydrogens (primary N) is 1. The Kier molecular flexibility index (Phi) is 38.3. The van der Waals surface area contributed by atoms with Crippen molar-refractivity contribution in [2.45, 2.75) is 219 Å². The number of hydrogen-bond acceptors (Lipinski definition) is 9. The number of phosphoric ester groups is 1. The normalized spacial score (nSPS) is 13.9. The summed E-state index contributed by atoms with van der Waals surface area (Å²) in [5.74, 6) is -2.37. The maximum absolute atomic E-state index is 12.6. The predicted molar refractivity (Wildman–Crippen MR) is 226 cm³/mol. The fraction of sp³-hybridized carbons (Fsp3) is 0.841. The van der Waals surface area contributed by atoms with Gasteiger partial charge in [0.1, 0.15) is 12.6 Å². The highest BCUT2D eigenvalue weighted by Crippen LogP contribution is 2.43. The Morgan fingerprint density at radius 2 is 0.946 bits per heavy atom. The number of carboxylic acid groups (broad SMARTS) is 1. The molecule has 4 N–H and O–H groups in total. The summed E-state index contributed by atoms with van der Waals surface area (Å²) in [4.78, 5) is 45.9. The number of rotatable bonds is 42. The standard InChI is InChI=1S/C44H82NO10P/c1-3-5-7-9-11-13-15-17-18-19-20-21-22-24-25-27-29-31-33-35-42(46)52-37-40(38-53-56(50,51)54-39-41(45)44(48)49)55-43(47)36-34-32-30-28-26-23-16-14-12-10-8-6-4-2/h11,13,17-18,40-41H,3-10,12,14-16,19-39,45H2,1-2H3,(H,48,49)(H,50,51)/b13-11+,18-17+/t40-,41+/m0/s1. The maximum atomic E-state index is 12.6. The largest absolute Gasteiger partial charge is 0.480 e. The number of carboxylic acids is 1. The van der Waals surface area contributed by atoms with Crippen LogP contribution in [0, 0.1) is 0 Å². The van der Waals surface area contributed by atoms with Crippen molar-refractivity contribution >= 4 is 25.7 Å². The average molecular weight is 816 g/mol. The second-order valence-electron chi connectivity index (χ2n) is 15.2. The molecular formula is C44H82NO10P. The van der Waals surface area contributed by atoms with E-state index in [0.29, 0.717) is 12.8 Å². The first-order valence-corrected chi connectivity index (χ1v) is 23.9. The van der Waals surface area contributed by atoms with Crippen LogP contribution in [-0.2, 0) is 37.5 Å². The lowest BCUT2D eigenvalue weighted by Gasteiger charge is -2.20. The molecule has 0 amide bonds. The lowest BCUT2D eigenvalue weighted by Crippen LogP contribution is -2.34. The van der Waals surface area contributed by atoms with Crippen LogP contribution in [-0.4, -0.2) is 59.9 Å². The second-order valence-corrected chi connectivity index (χ2v) is 16.6. The van der Waals surface area contributed by atoms with Gasteiger partial charge in [0.15, 0.2) is 6.10 Å². The summed E-state index contributed by atoms with van der Waals surface area (Å²) >= 11 is 0. The van der Waals surface area contributed by atoms with Gasteiger partial charge in [-0.3, -0.25) is 23.4 Å². The number of unbranched alkanes of at least 4 members (excludes halogenated alkanes) is 24. The van der Waals surface area contributed by atoms with Crippen molar-refractivity contribution in [1.82, 2.24) is 0 Å². The number of carbonyl (C=O) groups excluding carboxylic acids is 2. The Morgan fingerprint density at radius 1 is 0.554 bits per heavy atom. The van der Waals surface area contributed by atoms with Gasteiger partial charge in [-0.05, 0) is 44.9 Å². The van der Waals surface area contributed by atoms with Crippen molar-refractivity contribution in [3.05, 3.63) is 24.3 Å². The van der Waals surface area contributed by atoms with E-state index in [9.17, 15) is 23.8 Å². The molecule has 0 aliphatic heterocycles. The Hall–Kier alpha value is -2.04. The number of hydrogen-bond donors (Lipinski definition) is 3. The molecule has 328 valence electrons. The molecule has 0 aromatic carbocycles. The molecule has 0 aromatic heterocycles. The summed E-state index contributed by atoms with van der Waals surface area (Å²) in [6, 6.07) is -1.52. The number of esters is 2. The molecule has 0 rings (SSSR count). The summed E-state index contributed by atoms with van der Waals surface area (Å²) < 4.78 is 32.7. The van der Waals surface area contributed by atoms with Gasteiger partial charge in [-0.15, -0.1) is 0 Å². The molecule has 0 fully saturated rings. The molecular weight excluding hydrogens is 733 g/mol. The van der Waals surface area contributed by atoms with Gasteiger partial charge in [0.25, 0.3) is 0 Å². The number of phosphoric acid groups is 1. The third-order valence-electron chi connectivity index (χ3n) is 9.70. The molecule has 11 nitrogen and oxygen atoms in total. The highest BCUT2D eigenvalue weighted by molar-refractivity contribution is 7.47. The SMILES string of the molecule is CCCCC/C=C/C/C=C/CCCCCCCCCCCC(=O)OC[C@@H](COP(=O)(O)OC[C@@H](N)C(=O)O)OC(=O)CCCCCCCCCCCCCCC. The molecule has 0 saturated heterocycles. The fourth-order valence-corrected chi connectivity index (χ4v) is 6.93. The van der Waals surface area contributed by atoms with Crippen LogP contribution in [0.2, 0.25) is 0 Å². The fourth-order valence-electron chi connectivity index (χ4n) is 6.15. The van der Waals surface area contributed by atoms with E-state index in [2.05, 4.69) is 42.7 Å². The number of aliphatic carboxylic acids is 1. The van der Waals surface area contributed by atoms with E-state index in [4.69, 9.17) is 24.8 Å². The van der Waals surface area contributed by atoms with E-state index in [1.165, 1.54) is 116 Å². The number of carbonyl (C=O) groups is 3. The van der Waals surface area contributed by atoms with Gasteiger partial charge in [0, 0.05) is 12.8 Å². The minimum atomic E-state index is -4.71. The van der Waals surface area contributed by atoms with Crippen molar-refractivity contribution < 1.29 is 47.5 Å². The molecule has 56 heavy (non-hydrogen) atoms. The molecule has 0 saturated carbocycles. The molecule has 0 aliphatic rings. The van der Waals surface area contributed by atoms with E-state index in [1.807, 2.05) is 0 Å². The molecule has 3 atom stereocenters. The van der Waals surface area contributed by atoms with Crippen LogP contribution >= 0.6 is 7.82 Å². The van der Waals surface area contributed by atoms with E-state index in [-0.39, 0.29) is 19.4 Å². The van der Waals surface area contributed by atoms with Gasteiger partial charge in [-0.1, -0.05) is 173 Å². The lowest BCUT2D eigenvalue weighted by molar-refractivity contribution is -0.161. The van der Waals surface area contributed by atoms with E-state index in [1.54, 1.807) is 0 Å². The summed E-state index contributed by atoms with van der Waals surface area (Å²) in [7, 11) is -4.71. The second kappa shape index (κ2) is 39.8. The Balaban J connectivity index is 4.30.